The van der Waals surface area contributed by atoms with Crippen LogP contribution in [0.25, 0.3) is 10.2 Å². The number of hydrogen-bond donors (Lipinski definition) is 4. The number of rotatable bonds is 8. The molecule has 0 unspecified atom stereocenters. The van der Waals surface area contributed by atoms with E-state index in [0.29, 0.717) is 17.9 Å². The second kappa shape index (κ2) is 10.8. The van der Waals surface area contributed by atoms with E-state index in [1.165, 1.54) is 0 Å². The van der Waals surface area contributed by atoms with E-state index in [2.05, 4.69) is 31.2 Å². The van der Waals surface area contributed by atoms with Gasteiger partial charge in [-0.2, -0.15) is 0 Å². The first-order valence-corrected chi connectivity index (χ1v) is 12.8. The van der Waals surface area contributed by atoms with Crippen molar-refractivity contribution in [2.45, 2.75) is 58.5 Å². The van der Waals surface area contributed by atoms with Crippen LogP contribution in [0.1, 0.15) is 56.8 Å². The van der Waals surface area contributed by atoms with Gasteiger partial charge < -0.3 is 21.3 Å². The van der Waals surface area contributed by atoms with Crippen LogP contribution in [-0.2, 0) is 4.79 Å². The van der Waals surface area contributed by atoms with E-state index < -0.39 is 0 Å². The Bertz CT molecular complexity index is 1150. The van der Waals surface area contributed by atoms with Crippen LogP contribution in [-0.4, -0.2) is 40.4 Å². The molecule has 0 bridgehead atoms. The van der Waals surface area contributed by atoms with Crippen molar-refractivity contribution in [1.82, 2.24) is 20.6 Å². The largest absolute Gasteiger partial charge is 0.382 e. The monoisotopic (exact) mass is 480 g/mol. The van der Waals surface area contributed by atoms with Crippen molar-refractivity contribution in [3.63, 3.8) is 0 Å². The number of nitrogens with one attached hydrogen (secondary N) is 4. The number of fused-ring (bicyclic) bond motifs is 1. The number of nitrogens with zero attached hydrogens (tertiary/aromatic N) is 2. The molecule has 8 nitrogen and oxygen atoms in total. The molecule has 0 aliphatic heterocycles. The number of amides is 2. The normalized spacial score (nSPS) is 18.0. The molecule has 9 heteroatoms. The number of pyridine rings is 1. The first kappa shape index (κ1) is 23.9. The van der Waals surface area contributed by atoms with Gasteiger partial charge in [-0.05, 0) is 64.7 Å². The lowest BCUT2D eigenvalue weighted by Crippen LogP contribution is -2.41. The summed E-state index contributed by atoms with van der Waals surface area (Å²) in [6.07, 6.45) is 4.80. The zero-order valence-electron chi connectivity index (χ0n) is 19.9. The number of carbonyl (C=O) groups excluding carboxylic acids is 2. The Hall–Kier alpha value is -3.20. The van der Waals surface area contributed by atoms with Crippen LogP contribution in [0.2, 0.25) is 0 Å². The summed E-state index contributed by atoms with van der Waals surface area (Å²) in [6.45, 7) is 6.66. The van der Waals surface area contributed by atoms with Crippen LogP contribution in [0.5, 0.6) is 0 Å². The zero-order valence-corrected chi connectivity index (χ0v) is 20.7. The highest BCUT2D eigenvalue weighted by Crippen LogP contribution is 2.28. The molecule has 1 aliphatic rings. The summed E-state index contributed by atoms with van der Waals surface area (Å²) < 4.78 is 1.10. The first-order valence-electron chi connectivity index (χ1n) is 11.9. The van der Waals surface area contributed by atoms with Gasteiger partial charge in [-0.15, -0.1) is 11.3 Å². The van der Waals surface area contributed by atoms with E-state index in [4.69, 9.17) is 0 Å². The van der Waals surface area contributed by atoms with Crippen molar-refractivity contribution < 1.29 is 9.59 Å². The van der Waals surface area contributed by atoms with Crippen LogP contribution in [0.4, 0.5) is 17.2 Å². The van der Waals surface area contributed by atoms with E-state index in [9.17, 15) is 9.59 Å². The maximum absolute atomic E-state index is 13.1. The van der Waals surface area contributed by atoms with Gasteiger partial charge in [0.05, 0.1) is 27.0 Å². The summed E-state index contributed by atoms with van der Waals surface area (Å²) in [4.78, 5) is 34.0. The van der Waals surface area contributed by atoms with E-state index in [0.717, 1.165) is 47.3 Å². The van der Waals surface area contributed by atoms with Gasteiger partial charge in [0.15, 0.2) is 0 Å². The lowest BCUT2D eigenvalue weighted by molar-refractivity contribution is -0.125. The van der Waals surface area contributed by atoms with Crippen LogP contribution in [0.3, 0.4) is 0 Å². The quantitative estimate of drug-likeness (QED) is 0.373. The molecule has 0 spiro atoms. The summed E-state index contributed by atoms with van der Waals surface area (Å²) in [5.41, 5.74) is 4.97. The van der Waals surface area contributed by atoms with Crippen molar-refractivity contribution in [3.05, 3.63) is 41.5 Å². The third kappa shape index (κ3) is 5.83. The molecule has 180 valence electrons. The third-order valence-electron chi connectivity index (χ3n) is 5.98. The highest BCUT2D eigenvalue weighted by Gasteiger charge is 2.27. The highest BCUT2D eigenvalue weighted by atomic mass is 32.1. The van der Waals surface area contributed by atoms with Crippen molar-refractivity contribution in [1.29, 1.82) is 0 Å². The average Bonchev–Trinajstić information content (AvgIpc) is 3.27. The van der Waals surface area contributed by atoms with Gasteiger partial charge in [-0.25, -0.2) is 9.97 Å². The molecule has 1 aliphatic carbocycles. The van der Waals surface area contributed by atoms with Gasteiger partial charge in [0.2, 0.25) is 5.91 Å². The fourth-order valence-electron chi connectivity index (χ4n) is 4.30. The Labute approximate surface area is 204 Å². The minimum absolute atomic E-state index is 0.0440. The molecular weight excluding hydrogens is 448 g/mol. The van der Waals surface area contributed by atoms with Gasteiger partial charge >= 0.3 is 0 Å². The van der Waals surface area contributed by atoms with Crippen molar-refractivity contribution >= 4 is 50.6 Å². The van der Waals surface area contributed by atoms with Gasteiger partial charge in [-0.3, -0.25) is 9.59 Å². The summed E-state index contributed by atoms with van der Waals surface area (Å²) in [5.74, 6) is 0.681. The fraction of sp³-hybridized carbons (Fsp3) is 0.440. The second-order valence-electron chi connectivity index (χ2n) is 8.99. The van der Waals surface area contributed by atoms with Crippen molar-refractivity contribution in [2.75, 3.05) is 17.2 Å². The molecule has 2 heterocycles. The molecular formula is C25H32N6O2S. The molecule has 0 radical (unpaired) electrons. The van der Waals surface area contributed by atoms with Crippen molar-refractivity contribution in [2.24, 2.45) is 5.92 Å². The number of anilines is 3. The molecule has 4 rings (SSSR count). The maximum atomic E-state index is 13.1. The smallest absolute Gasteiger partial charge is 0.255 e. The number of carbonyl (C=O) groups is 2. The summed E-state index contributed by atoms with van der Waals surface area (Å²) in [5, 5.41) is 12.8. The van der Waals surface area contributed by atoms with E-state index in [1.54, 1.807) is 17.5 Å². The lowest BCUT2D eigenvalue weighted by Gasteiger charge is -2.28. The Morgan fingerprint density at radius 1 is 1.12 bits per heavy atom. The predicted octanol–water partition coefficient (Wildman–Crippen LogP) is 4.68. The van der Waals surface area contributed by atoms with E-state index in [1.807, 2.05) is 50.5 Å². The van der Waals surface area contributed by atoms with Crippen LogP contribution in [0.15, 0.2) is 36.0 Å². The molecule has 2 amide bonds. The molecule has 34 heavy (non-hydrogen) atoms. The standard InChI is InChI=1S/C25H32N6O2S/c1-4-26-24(32)16-5-7-17(8-6-16)31-25(33)19-13-27-23(12-21(19)29-15(2)3)30-18-9-10-20-22(11-18)34-14-28-20/h9-17H,4-8H2,1-3H3,(H,26,32)(H,31,33)(H2,27,29,30)/t16-,17-. The first-order chi connectivity index (χ1) is 16.4. The Morgan fingerprint density at radius 2 is 1.91 bits per heavy atom. The molecule has 1 saturated carbocycles. The number of aromatic nitrogens is 2. The SMILES string of the molecule is CCNC(=O)[C@H]1CC[C@H](NC(=O)c2cnc(Nc3ccc4ncsc4c3)cc2NC(C)C)CC1. The minimum atomic E-state index is -0.144. The molecule has 1 fully saturated rings. The highest BCUT2D eigenvalue weighted by molar-refractivity contribution is 7.16. The van der Waals surface area contributed by atoms with Gasteiger partial charge in [0.1, 0.15) is 5.82 Å². The summed E-state index contributed by atoms with van der Waals surface area (Å²) >= 11 is 1.59. The van der Waals surface area contributed by atoms with Crippen LogP contribution >= 0.6 is 11.3 Å². The Kier molecular flexibility index (Phi) is 7.62. The number of benzene rings is 1. The van der Waals surface area contributed by atoms with Gasteiger partial charge in [0.25, 0.3) is 5.91 Å². The van der Waals surface area contributed by atoms with Gasteiger partial charge in [0, 0.05) is 42.5 Å². The Balaban J connectivity index is 1.44. The van der Waals surface area contributed by atoms with Crippen LogP contribution < -0.4 is 21.3 Å². The molecule has 0 saturated heterocycles. The average molecular weight is 481 g/mol. The maximum Gasteiger partial charge on any atom is 0.255 e. The minimum Gasteiger partial charge on any atom is -0.382 e. The summed E-state index contributed by atoms with van der Waals surface area (Å²) in [6, 6.07) is 8.08. The fourth-order valence-corrected chi connectivity index (χ4v) is 5.01. The number of thiazole rings is 1. The molecule has 2 aromatic heterocycles. The van der Waals surface area contributed by atoms with Crippen LogP contribution in [0, 0.1) is 5.92 Å². The predicted molar refractivity (Wildman–Crippen MR) is 138 cm³/mol. The Morgan fingerprint density at radius 3 is 2.65 bits per heavy atom. The van der Waals surface area contributed by atoms with E-state index in [-0.39, 0.29) is 29.8 Å². The third-order valence-corrected chi connectivity index (χ3v) is 6.77. The summed E-state index contributed by atoms with van der Waals surface area (Å²) in [7, 11) is 0. The topological polar surface area (TPSA) is 108 Å². The zero-order chi connectivity index (χ0) is 24.1. The lowest BCUT2D eigenvalue weighted by atomic mass is 9.85. The number of hydrogen-bond acceptors (Lipinski definition) is 7. The molecule has 1 aromatic carbocycles. The second-order valence-corrected chi connectivity index (χ2v) is 9.88. The molecule has 0 atom stereocenters. The van der Waals surface area contributed by atoms with Crippen molar-refractivity contribution in [3.8, 4) is 0 Å². The molecule has 3 aromatic rings. The van der Waals surface area contributed by atoms with E-state index >= 15 is 0 Å². The molecule has 4 N–H and O–H groups in total. The van der Waals surface area contributed by atoms with Gasteiger partial charge in [-0.1, -0.05) is 0 Å².